The first-order chi connectivity index (χ1) is 12.5. The van der Waals surface area contributed by atoms with Crippen molar-refractivity contribution in [2.75, 3.05) is 0 Å². The summed E-state index contributed by atoms with van der Waals surface area (Å²) in [4.78, 5) is 22.8. The average molecular weight is 350 g/mol. The summed E-state index contributed by atoms with van der Waals surface area (Å²) in [6.07, 6.45) is 3.61. The monoisotopic (exact) mass is 350 g/mol. The van der Waals surface area contributed by atoms with Gasteiger partial charge in [0.2, 0.25) is 0 Å². The van der Waals surface area contributed by atoms with Gasteiger partial charge in [0.15, 0.2) is 0 Å². The van der Waals surface area contributed by atoms with E-state index in [0.29, 0.717) is 24.2 Å². The van der Waals surface area contributed by atoms with Crippen LogP contribution in [0, 0.1) is 17.0 Å². The summed E-state index contributed by atoms with van der Waals surface area (Å²) >= 11 is 0. The van der Waals surface area contributed by atoms with Crippen LogP contribution in [0.5, 0.6) is 0 Å². The molecule has 0 fully saturated rings. The number of carbonyl (C=O) groups is 1. The minimum Gasteiger partial charge on any atom is -0.348 e. The van der Waals surface area contributed by atoms with Gasteiger partial charge in [-0.1, -0.05) is 24.3 Å². The molecule has 26 heavy (non-hydrogen) atoms. The van der Waals surface area contributed by atoms with Crippen molar-refractivity contribution in [1.82, 2.24) is 15.1 Å². The number of nitro benzene ring substituents is 1. The lowest BCUT2D eigenvalue weighted by molar-refractivity contribution is -0.385. The van der Waals surface area contributed by atoms with Crippen molar-refractivity contribution in [3.05, 3.63) is 93.3 Å². The number of carbonyl (C=O) groups excluding carboxylic acids is 1. The Morgan fingerprint density at radius 3 is 2.62 bits per heavy atom. The minimum atomic E-state index is -0.456. The van der Waals surface area contributed by atoms with E-state index < -0.39 is 4.92 Å². The second-order valence-electron chi connectivity index (χ2n) is 5.91. The van der Waals surface area contributed by atoms with Gasteiger partial charge < -0.3 is 5.32 Å². The Kier molecular flexibility index (Phi) is 5.07. The molecule has 0 aliphatic carbocycles. The first-order valence-corrected chi connectivity index (χ1v) is 8.12. The fourth-order valence-electron chi connectivity index (χ4n) is 2.73. The molecule has 2 aromatic carbocycles. The van der Waals surface area contributed by atoms with E-state index >= 15 is 0 Å². The molecule has 0 spiro atoms. The smallest absolute Gasteiger partial charge is 0.272 e. The van der Waals surface area contributed by atoms with Crippen LogP contribution >= 0.6 is 0 Å². The summed E-state index contributed by atoms with van der Waals surface area (Å²) in [6, 6.07) is 14.0. The topological polar surface area (TPSA) is 90.1 Å². The first kappa shape index (κ1) is 17.3. The number of rotatable bonds is 6. The molecule has 0 saturated heterocycles. The Balaban J connectivity index is 1.70. The molecule has 7 heteroatoms. The molecule has 3 aromatic rings. The minimum absolute atomic E-state index is 0.00567. The van der Waals surface area contributed by atoms with Crippen LogP contribution in [-0.4, -0.2) is 20.6 Å². The van der Waals surface area contributed by atoms with Gasteiger partial charge in [0.1, 0.15) is 0 Å². The predicted octanol–water partition coefficient (Wildman–Crippen LogP) is 3.08. The maximum atomic E-state index is 12.4. The number of benzene rings is 2. The molecule has 132 valence electrons. The van der Waals surface area contributed by atoms with Gasteiger partial charge in [-0.2, -0.15) is 5.10 Å². The summed E-state index contributed by atoms with van der Waals surface area (Å²) in [6.45, 7) is 2.61. The molecule has 0 radical (unpaired) electrons. The first-order valence-electron chi connectivity index (χ1n) is 8.12. The molecule has 1 aromatic heterocycles. The van der Waals surface area contributed by atoms with E-state index in [1.54, 1.807) is 13.1 Å². The van der Waals surface area contributed by atoms with Crippen molar-refractivity contribution in [1.29, 1.82) is 0 Å². The van der Waals surface area contributed by atoms with Crippen LogP contribution in [-0.2, 0) is 13.1 Å². The number of nitro groups is 1. The molecule has 1 amide bonds. The average Bonchev–Trinajstić information content (AvgIpc) is 3.13. The van der Waals surface area contributed by atoms with Gasteiger partial charge in [-0.15, -0.1) is 0 Å². The fraction of sp³-hybridized carbons (Fsp3) is 0.158. The third kappa shape index (κ3) is 3.94. The van der Waals surface area contributed by atoms with Gasteiger partial charge in [0, 0.05) is 36.1 Å². The van der Waals surface area contributed by atoms with Gasteiger partial charge >= 0.3 is 0 Å². The van der Waals surface area contributed by atoms with E-state index in [0.717, 1.165) is 11.1 Å². The highest BCUT2D eigenvalue weighted by molar-refractivity contribution is 5.94. The highest BCUT2D eigenvalue weighted by Gasteiger charge is 2.14. The van der Waals surface area contributed by atoms with E-state index in [1.165, 1.54) is 18.2 Å². The number of aromatic nitrogens is 2. The van der Waals surface area contributed by atoms with Crippen molar-refractivity contribution in [2.24, 2.45) is 0 Å². The lowest BCUT2D eigenvalue weighted by atomic mass is 10.1. The Morgan fingerprint density at radius 2 is 1.96 bits per heavy atom. The number of nitrogens with zero attached hydrogens (tertiary/aromatic N) is 3. The third-order valence-corrected chi connectivity index (χ3v) is 4.10. The standard InChI is InChI=1S/C19H18N4O3/c1-14-11-15(7-8-18(14)23(25)26)19(24)20-12-16-5-2-3-6-17(16)13-22-10-4-9-21-22/h2-11H,12-13H2,1H3,(H,20,24). The van der Waals surface area contributed by atoms with Crippen LogP contribution in [0.1, 0.15) is 27.0 Å². The van der Waals surface area contributed by atoms with Gasteiger partial charge in [0.05, 0.1) is 11.5 Å². The van der Waals surface area contributed by atoms with Crippen molar-refractivity contribution in [3.63, 3.8) is 0 Å². The van der Waals surface area contributed by atoms with E-state index in [9.17, 15) is 14.9 Å². The summed E-state index contributed by atoms with van der Waals surface area (Å²) in [5.41, 5.74) is 2.93. The lowest BCUT2D eigenvalue weighted by Crippen LogP contribution is -2.23. The van der Waals surface area contributed by atoms with Gasteiger partial charge in [-0.3, -0.25) is 19.6 Å². The van der Waals surface area contributed by atoms with Crippen LogP contribution in [0.2, 0.25) is 0 Å². The Morgan fingerprint density at radius 1 is 1.19 bits per heavy atom. The third-order valence-electron chi connectivity index (χ3n) is 4.10. The molecule has 0 aliphatic heterocycles. The molecule has 1 N–H and O–H groups in total. The number of nitrogens with one attached hydrogen (secondary N) is 1. The van der Waals surface area contributed by atoms with Crippen LogP contribution in [0.25, 0.3) is 0 Å². The summed E-state index contributed by atoms with van der Waals surface area (Å²) in [5, 5.41) is 18.0. The second-order valence-corrected chi connectivity index (χ2v) is 5.91. The summed E-state index contributed by atoms with van der Waals surface area (Å²) in [5.74, 6) is -0.267. The van der Waals surface area contributed by atoms with Crippen LogP contribution in [0.15, 0.2) is 60.9 Å². The van der Waals surface area contributed by atoms with Crippen LogP contribution in [0.4, 0.5) is 5.69 Å². The highest BCUT2D eigenvalue weighted by atomic mass is 16.6. The maximum Gasteiger partial charge on any atom is 0.272 e. The summed E-state index contributed by atoms with van der Waals surface area (Å²) < 4.78 is 1.82. The molecule has 0 bridgehead atoms. The number of amides is 1. The SMILES string of the molecule is Cc1cc(C(=O)NCc2ccccc2Cn2cccn2)ccc1[N+](=O)[O-]. The van der Waals surface area contributed by atoms with Crippen LogP contribution in [0.3, 0.4) is 0 Å². The lowest BCUT2D eigenvalue weighted by Gasteiger charge is -2.11. The molecule has 0 atom stereocenters. The molecule has 0 unspecified atom stereocenters. The Bertz CT molecular complexity index is 936. The predicted molar refractivity (Wildman–Crippen MR) is 96.8 cm³/mol. The molecule has 0 aliphatic rings. The Hall–Kier alpha value is -3.48. The van der Waals surface area contributed by atoms with E-state index in [2.05, 4.69) is 10.4 Å². The molecule has 0 saturated carbocycles. The second kappa shape index (κ2) is 7.60. The van der Waals surface area contributed by atoms with E-state index in [-0.39, 0.29) is 11.6 Å². The normalized spacial score (nSPS) is 10.5. The van der Waals surface area contributed by atoms with Gasteiger partial charge in [-0.25, -0.2) is 0 Å². The number of hydrogen-bond acceptors (Lipinski definition) is 4. The molecular formula is C19H18N4O3. The number of hydrogen-bond donors (Lipinski definition) is 1. The molecular weight excluding hydrogens is 332 g/mol. The maximum absolute atomic E-state index is 12.4. The van der Waals surface area contributed by atoms with E-state index in [1.807, 2.05) is 41.2 Å². The quantitative estimate of drug-likeness (QED) is 0.546. The number of aryl methyl sites for hydroxylation is 1. The zero-order valence-electron chi connectivity index (χ0n) is 14.3. The molecule has 7 nitrogen and oxygen atoms in total. The molecule has 1 heterocycles. The van der Waals surface area contributed by atoms with Gasteiger partial charge in [-0.05, 0) is 36.2 Å². The van der Waals surface area contributed by atoms with Crippen LogP contribution < -0.4 is 5.32 Å². The van der Waals surface area contributed by atoms with Gasteiger partial charge in [0.25, 0.3) is 11.6 Å². The highest BCUT2D eigenvalue weighted by Crippen LogP contribution is 2.19. The summed E-state index contributed by atoms with van der Waals surface area (Å²) in [7, 11) is 0. The van der Waals surface area contributed by atoms with Crippen molar-refractivity contribution in [2.45, 2.75) is 20.0 Å². The zero-order chi connectivity index (χ0) is 18.5. The Labute approximate surface area is 150 Å². The largest absolute Gasteiger partial charge is 0.348 e. The van der Waals surface area contributed by atoms with Crippen molar-refractivity contribution >= 4 is 11.6 Å². The molecule has 3 rings (SSSR count). The fourth-order valence-corrected chi connectivity index (χ4v) is 2.73. The van der Waals surface area contributed by atoms with E-state index in [4.69, 9.17) is 0 Å². The zero-order valence-corrected chi connectivity index (χ0v) is 14.3. The van der Waals surface area contributed by atoms with Crippen molar-refractivity contribution in [3.8, 4) is 0 Å². The van der Waals surface area contributed by atoms with Crippen molar-refractivity contribution < 1.29 is 9.72 Å².